The van der Waals surface area contributed by atoms with Crippen LogP contribution in [0, 0.1) is 23.0 Å². The van der Waals surface area contributed by atoms with Crippen LogP contribution in [0.3, 0.4) is 0 Å². The van der Waals surface area contributed by atoms with Gasteiger partial charge in [-0.25, -0.2) is 13.6 Å². The first-order valence-corrected chi connectivity index (χ1v) is 21.3. The van der Waals surface area contributed by atoms with Gasteiger partial charge in [0.05, 0.1) is 30.5 Å². The molecule has 5 atom stereocenters. The van der Waals surface area contributed by atoms with Gasteiger partial charge in [0.1, 0.15) is 37.5 Å². The van der Waals surface area contributed by atoms with Crippen LogP contribution in [0.5, 0.6) is 0 Å². The third-order valence-corrected chi connectivity index (χ3v) is 10.9. The molecule has 0 aliphatic carbocycles. The summed E-state index contributed by atoms with van der Waals surface area (Å²) in [6.45, 7) is 5.84. The van der Waals surface area contributed by atoms with Crippen molar-refractivity contribution in [3.05, 3.63) is 155 Å². The van der Waals surface area contributed by atoms with E-state index in [-0.39, 0.29) is 38.3 Å². The molecule has 1 aromatic heterocycles. The Labute approximate surface area is 377 Å². The normalized spacial score (nSPS) is 13.7. The maximum Gasteiger partial charge on any atom is 0.329 e. The van der Waals surface area contributed by atoms with Gasteiger partial charge in [-0.1, -0.05) is 112 Å². The summed E-state index contributed by atoms with van der Waals surface area (Å²) >= 11 is 0. The molecule has 0 aliphatic heterocycles. The largest absolute Gasteiger partial charge is 0.461 e. The van der Waals surface area contributed by atoms with Gasteiger partial charge >= 0.3 is 11.9 Å². The van der Waals surface area contributed by atoms with E-state index in [0.717, 1.165) is 23.8 Å². The van der Waals surface area contributed by atoms with Crippen molar-refractivity contribution in [2.45, 2.75) is 84.5 Å². The van der Waals surface area contributed by atoms with Crippen molar-refractivity contribution in [1.29, 1.82) is 0 Å². The molecule has 65 heavy (non-hydrogen) atoms. The maximum absolute atomic E-state index is 15.2. The summed E-state index contributed by atoms with van der Waals surface area (Å²) in [7, 11) is 0. The number of esters is 2. The van der Waals surface area contributed by atoms with Crippen LogP contribution in [0.1, 0.15) is 69.0 Å². The Balaban J connectivity index is 1.44. The SMILES string of the molecule is C[C@H](N)C(=O)C(CC(=O)OCc1ccccc1)[C@@H](NC(=O)[C@@H](N)CCN(C(=O)CO)[C@@H](c1cc(-c2cc(F)ccc2F)cn1Cc1ccccc1)C(C)(C)C)C(=O)OCc1ccccc1. The highest BCUT2D eigenvalue weighted by atomic mass is 19.1. The van der Waals surface area contributed by atoms with E-state index in [1.165, 1.54) is 11.8 Å². The number of rotatable bonds is 21. The highest BCUT2D eigenvalue weighted by Crippen LogP contribution is 2.41. The third kappa shape index (κ3) is 13.7. The number of hydrogen-bond acceptors (Lipinski definition) is 10. The molecular formula is C50H57F2N5O8. The second-order valence-electron chi connectivity index (χ2n) is 17.0. The predicted molar refractivity (Wildman–Crippen MR) is 240 cm³/mol. The molecule has 5 rings (SSSR count). The number of aromatic nitrogens is 1. The maximum atomic E-state index is 15.2. The summed E-state index contributed by atoms with van der Waals surface area (Å²) in [6, 6.07) is 26.6. The molecule has 0 bridgehead atoms. The summed E-state index contributed by atoms with van der Waals surface area (Å²) in [4.78, 5) is 70.1. The number of ether oxygens (including phenoxy) is 2. The van der Waals surface area contributed by atoms with Crippen molar-refractivity contribution in [2.75, 3.05) is 13.2 Å². The second kappa shape index (κ2) is 22.9. The Bertz CT molecular complexity index is 2390. The van der Waals surface area contributed by atoms with E-state index >= 15 is 4.39 Å². The van der Waals surface area contributed by atoms with Crippen molar-refractivity contribution in [3.63, 3.8) is 0 Å². The zero-order valence-electron chi connectivity index (χ0n) is 37.0. The highest BCUT2D eigenvalue weighted by Gasteiger charge is 2.41. The number of aliphatic hydroxyl groups excluding tert-OH is 1. The number of amides is 2. The predicted octanol–water partition coefficient (Wildman–Crippen LogP) is 6.00. The first kappa shape index (κ1) is 49.5. The number of nitrogens with one attached hydrogen (secondary N) is 1. The van der Waals surface area contributed by atoms with Gasteiger partial charge in [-0.2, -0.15) is 0 Å². The summed E-state index contributed by atoms with van der Waals surface area (Å²) in [6.07, 6.45) is 0.823. The van der Waals surface area contributed by atoms with Crippen molar-refractivity contribution in [1.82, 2.24) is 14.8 Å². The molecular weight excluding hydrogens is 837 g/mol. The quantitative estimate of drug-likeness (QED) is 0.0635. The van der Waals surface area contributed by atoms with Crippen LogP contribution in [0.4, 0.5) is 8.78 Å². The van der Waals surface area contributed by atoms with Crippen LogP contribution in [0.15, 0.2) is 121 Å². The molecule has 0 fully saturated rings. The van der Waals surface area contributed by atoms with Gasteiger partial charge in [0, 0.05) is 36.1 Å². The lowest BCUT2D eigenvalue weighted by molar-refractivity contribution is -0.156. The molecule has 1 unspecified atom stereocenters. The van der Waals surface area contributed by atoms with E-state index < -0.39 is 89.7 Å². The fourth-order valence-electron chi connectivity index (χ4n) is 7.61. The second-order valence-corrected chi connectivity index (χ2v) is 17.0. The fraction of sp³-hybridized carbons (Fsp3) is 0.340. The number of hydrogen-bond donors (Lipinski definition) is 4. The summed E-state index contributed by atoms with van der Waals surface area (Å²) < 4.78 is 42.6. The number of carbonyl (C=O) groups excluding carboxylic acids is 5. The molecule has 344 valence electrons. The van der Waals surface area contributed by atoms with Crippen LogP contribution in [-0.4, -0.2) is 75.4 Å². The average molecular weight is 894 g/mol. The van der Waals surface area contributed by atoms with Crippen LogP contribution in [0.25, 0.3) is 11.1 Å². The summed E-state index contributed by atoms with van der Waals surface area (Å²) in [5.74, 6) is -7.02. The number of nitrogens with zero attached hydrogens (tertiary/aromatic N) is 2. The minimum Gasteiger partial charge on any atom is -0.461 e. The highest BCUT2D eigenvalue weighted by molar-refractivity contribution is 5.96. The number of aliphatic hydroxyl groups is 1. The van der Waals surface area contributed by atoms with Gasteiger partial charge in [-0.3, -0.25) is 19.2 Å². The van der Waals surface area contributed by atoms with Crippen LogP contribution >= 0.6 is 0 Å². The lowest BCUT2D eigenvalue weighted by Gasteiger charge is -2.41. The van der Waals surface area contributed by atoms with Gasteiger partial charge in [0.25, 0.3) is 0 Å². The van der Waals surface area contributed by atoms with Gasteiger partial charge < -0.3 is 40.8 Å². The number of Topliss-reactive ketones (excluding diaryl/α,β-unsaturated/α-hetero) is 1. The van der Waals surface area contributed by atoms with E-state index in [0.29, 0.717) is 22.4 Å². The number of carbonyl (C=O) groups is 5. The molecule has 0 saturated heterocycles. The minimum atomic E-state index is -1.74. The van der Waals surface area contributed by atoms with Crippen molar-refractivity contribution >= 4 is 29.5 Å². The fourth-order valence-corrected chi connectivity index (χ4v) is 7.61. The Morgan fingerprint density at radius 1 is 0.800 bits per heavy atom. The summed E-state index contributed by atoms with van der Waals surface area (Å²) in [5, 5.41) is 12.9. The molecule has 0 radical (unpaired) electrons. The molecule has 15 heteroatoms. The molecule has 0 aliphatic rings. The van der Waals surface area contributed by atoms with Gasteiger partial charge in [-0.15, -0.1) is 0 Å². The average Bonchev–Trinajstić information content (AvgIpc) is 3.69. The van der Waals surface area contributed by atoms with Crippen LogP contribution < -0.4 is 16.8 Å². The monoisotopic (exact) mass is 893 g/mol. The van der Waals surface area contributed by atoms with E-state index in [4.69, 9.17) is 20.9 Å². The van der Waals surface area contributed by atoms with E-state index in [2.05, 4.69) is 5.32 Å². The first-order chi connectivity index (χ1) is 31.0. The topological polar surface area (TPSA) is 196 Å². The Hall–Kier alpha value is -6.55. The standard InChI is InChI=1S/C50H57F2N5O8/c1-32(53)46(61)39(26-44(60)64-30-34-16-10-6-11-17-34)45(49(63)65-31-35-18-12-7-13-19-35)55-48(62)41(54)22-23-57(43(59)29-58)47(50(2,3)4)42-24-36(38-25-37(51)20-21-40(38)52)28-56(42)27-33-14-8-5-9-15-33/h5-21,24-25,28,32,39,41,45,47,58H,22-23,26-27,29-31,53-54H2,1-4H3,(H,55,62)/t32-,39?,41-,45+,47-/m0/s1. The molecule has 5 aromatic rings. The Morgan fingerprint density at radius 3 is 1.92 bits per heavy atom. The lowest BCUT2D eigenvalue weighted by atomic mass is 9.82. The van der Waals surface area contributed by atoms with Crippen LogP contribution in [-0.2, 0) is 53.2 Å². The minimum absolute atomic E-state index is 0.00608. The molecule has 13 nitrogen and oxygen atoms in total. The van der Waals surface area contributed by atoms with Crippen molar-refractivity contribution in [2.24, 2.45) is 22.8 Å². The van der Waals surface area contributed by atoms with Crippen LogP contribution in [0.2, 0.25) is 0 Å². The zero-order valence-corrected chi connectivity index (χ0v) is 37.0. The molecule has 0 spiro atoms. The van der Waals surface area contributed by atoms with Gasteiger partial charge in [0.2, 0.25) is 11.8 Å². The molecule has 4 aromatic carbocycles. The smallest absolute Gasteiger partial charge is 0.329 e. The lowest BCUT2D eigenvalue weighted by Crippen LogP contribution is -2.56. The van der Waals surface area contributed by atoms with Gasteiger partial charge in [-0.05, 0) is 59.7 Å². The van der Waals surface area contributed by atoms with E-state index in [1.807, 2.05) is 55.7 Å². The van der Waals surface area contributed by atoms with Crippen molar-refractivity contribution in [3.8, 4) is 11.1 Å². The number of halogens is 2. The number of ketones is 1. The Kier molecular flexibility index (Phi) is 17.4. The van der Waals surface area contributed by atoms with E-state index in [1.54, 1.807) is 72.9 Å². The number of nitrogens with two attached hydrogens (primary N) is 2. The third-order valence-electron chi connectivity index (χ3n) is 10.9. The Morgan fingerprint density at radius 2 is 1.37 bits per heavy atom. The number of benzene rings is 4. The van der Waals surface area contributed by atoms with E-state index in [9.17, 15) is 33.5 Å². The van der Waals surface area contributed by atoms with Gasteiger partial charge in [0.15, 0.2) is 5.78 Å². The molecule has 0 saturated carbocycles. The molecule has 2 amide bonds. The van der Waals surface area contributed by atoms with Crippen molar-refractivity contribution < 1.29 is 47.3 Å². The summed E-state index contributed by atoms with van der Waals surface area (Å²) in [5.41, 5.74) is 14.8. The molecule has 6 N–H and O–H groups in total. The zero-order chi connectivity index (χ0) is 47.3. The first-order valence-electron chi connectivity index (χ1n) is 21.3. The molecule has 1 heterocycles.